The molecule has 186 valence electrons. The van der Waals surface area contributed by atoms with E-state index >= 15 is 0 Å². The normalized spacial score (nSPS) is 11.9. The van der Waals surface area contributed by atoms with Gasteiger partial charge < -0.3 is 15.4 Å². The number of benzene rings is 2. The molecule has 36 heavy (non-hydrogen) atoms. The molecule has 0 bridgehead atoms. The van der Waals surface area contributed by atoms with Crippen molar-refractivity contribution in [2.75, 3.05) is 24.3 Å². The molecule has 0 aliphatic heterocycles. The van der Waals surface area contributed by atoms with Gasteiger partial charge in [-0.15, -0.1) is 0 Å². The Morgan fingerprint density at radius 2 is 1.83 bits per heavy atom. The minimum atomic E-state index is -0.448. The van der Waals surface area contributed by atoms with Crippen molar-refractivity contribution in [3.63, 3.8) is 0 Å². The molecule has 2 aromatic heterocycles. The summed E-state index contributed by atoms with van der Waals surface area (Å²) in [4.78, 5) is 33.3. The third kappa shape index (κ3) is 6.38. The van der Waals surface area contributed by atoms with E-state index < -0.39 is 5.92 Å². The van der Waals surface area contributed by atoms with Crippen LogP contribution in [0.15, 0.2) is 60.8 Å². The molecular weight excluding hydrogens is 496 g/mol. The molecule has 2 aromatic carbocycles. The van der Waals surface area contributed by atoms with E-state index in [1.807, 2.05) is 68.4 Å². The molecule has 0 unspecified atom stereocenters. The van der Waals surface area contributed by atoms with Crippen molar-refractivity contribution in [1.29, 1.82) is 0 Å². The number of Topliss-reactive ketones (excluding diaryl/α,β-unsaturated/α-hetero) is 1. The molecule has 0 aliphatic rings. The lowest BCUT2D eigenvalue weighted by atomic mass is 9.91. The van der Waals surface area contributed by atoms with Gasteiger partial charge in [0.2, 0.25) is 0 Å². The number of halogens is 1. The highest BCUT2D eigenvalue weighted by molar-refractivity contribution is 7.22. The predicted octanol–water partition coefficient (Wildman–Crippen LogP) is 6.57. The number of fused-ring (bicyclic) bond motifs is 1. The predicted molar refractivity (Wildman–Crippen MR) is 146 cm³/mol. The number of nitrogens with zero attached hydrogens (tertiary/aromatic N) is 2. The quantitative estimate of drug-likeness (QED) is 0.227. The molecule has 0 amide bonds. The van der Waals surface area contributed by atoms with E-state index in [4.69, 9.17) is 16.3 Å². The summed E-state index contributed by atoms with van der Waals surface area (Å²) >= 11 is 7.62. The number of anilines is 3. The van der Waals surface area contributed by atoms with E-state index in [1.54, 1.807) is 17.5 Å². The minimum absolute atomic E-state index is 0.0217. The molecule has 0 saturated carbocycles. The Hall–Kier alpha value is -3.49. The maximum Gasteiger partial charge on any atom is 0.309 e. The Balaban J connectivity index is 1.38. The van der Waals surface area contributed by atoms with Crippen LogP contribution in [0, 0.1) is 11.8 Å². The van der Waals surface area contributed by atoms with Gasteiger partial charge in [-0.2, -0.15) is 0 Å². The fraction of sp³-hybridized carbons (Fsp3) is 0.259. The number of rotatable bonds is 10. The maximum absolute atomic E-state index is 12.5. The number of esters is 1. The first kappa shape index (κ1) is 25.6. The summed E-state index contributed by atoms with van der Waals surface area (Å²) in [5.41, 5.74) is 3.81. The van der Waals surface area contributed by atoms with Gasteiger partial charge in [-0.05, 0) is 59.5 Å². The van der Waals surface area contributed by atoms with E-state index in [2.05, 4.69) is 20.6 Å². The molecule has 4 rings (SSSR count). The van der Waals surface area contributed by atoms with Gasteiger partial charge >= 0.3 is 5.97 Å². The SMILES string of the molecule is COC(=O)[C@H](CC(=O)CNc1cc(-c2ccc(Nc3nc4ccc(Cl)cc4s3)cc2)ccn1)C(C)C. The summed E-state index contributed by atoms with van der Waals surface area (Å²) in [5, 5.41) is 7.91. The van der Waals surface area contributed by atoms with Crippen molar-refractivity contribution in [3.05, 3.63) is 65.8 Å². The topological polar surface area (TPSA) is 93.2 Å². The molecule has 0 aliphatic carbocycles. The standard InChI is InChI=1S/C27H27ClN4O3S/c1-16(2)22(26(34)35-3)14-21(33)15-30-25-12-18(10-11-29-25)17-4-7-20(8-5-17)31-27-32-23-9-6-19(28)13-24(23)36-27/h4-13,16,22H,14-15H2,1-3H3,(H,29,30)(H,31,32)/t22-/m1/s1. The molecule has 2 N–H and O–H groups in total. The van der Waals surface area contributed by atoms with E-state index in [0.717, 1.165) is 32.2 Å². The minimum Gasteiger partial charge on any atom is -0.469 e. The first-order valence-electron chi connectivity index (χ1n) is 11.6. The van der Waals surface area contributed by atoms with Gasteiger partial charge in [0, 0.05) is 23.3 Å². The second-order valence-electron chi connectivity index (χ2n) is 8.73. The number of hydrogen-bond acceptors (Lipinski definition) is 8. The second kappa shape index (κ2) is 11.5. The number of methoxy groups -OCH3 is 1. The molecule has 2 heterocycles. The van der Waals surface area contributed by atoms with Crippen molar-refractivity contribution in [1.82, 2.24) is 9.97 Å². The zero-order chi connectivity index (χ0) is 25.7. The van der Waals surface area contributed by atoms with Gasteiger partial charge in [-0.1, -0.05) is 48.9 Å². The summed E-state index contributed by atoms with van der Waals surface area (Å²) < 4.78 is 5.86. The van der Waals surface area contributed by atoms with Crippen molar-refractivity contribution in [2.45, 2.75) is 20.3 Å². The summed E-state index contributed by atoms with van der Waals surface area (Å²) in [6, 6.07) is 17.5. The van der Waals surface area contributed by atoms with Crippen molar-refractivity contribution in [3.8, 4) is 11.1 Å². The average Bonchev–Trinajstić information content (AvgIpc) is 3.27. The number of hydrogen-bond donors (Lipinski definition) is 2. The Morgan fingerprint density at radius 1 is 1.06 bits per heavy atom. The van der Waals surface area contributed by atoms with Crippen LogP contribution in [0.1, 0.15) is 20.3 Å². The third-order valence-electron chi connectivity index (χ3n) is 5.80. The Morgan fingerprint density at radius 3 is 2.56 bits per heavy atom. The number of pyridine rings is 1. The van der Waals surface area contributed by atoms with Crippen LogP contribution in [0.3, 0.4) is 0 Å². The number of carbonyl (C=O) groups is 2. The van der Waals surface area contributed by atoms with Gasteiger partial charge in [0.1, 0.15) is 5.82 Å². The Bertz CT molecular complexity index is 1370. The van der Waals surface area contributed by atoms with Gasteiger partial charge in [0.25, 0.3) is 0 Å². The number of carbonyl (C=O) groups excluding carboxylic acids is 2. The summed E-state index contributed by atoms with van der Waals surface area (Å²) in [7, 11) is 1.34. The summed E-state index contributed by atoms with van der Waals surface area (Å²) in [6.07, 6.45) is 1.83. The molecule has 0 fully saturated rings. The van der Waals surface area contributed by atoms with Gasteiger partial charge in [0.15, 0.2) is 10.9 Å². The van der Waals surface area contributed by atoms with Crippen LogP contribution >= 0.6 is 22.9 Å². The van der Waals surface area contributed by atoms with Gasteiger partial charge in [-0.25, -0.2) is 9.97 Å². The lowest BCUT2D eigenvalue weighted by molar-refractivity contribution is -0.148. The number of nitrogens with one attached hydrogen (secondary N) is 2. The third-order valence-corrected chi connectivity index (χ3v) is 6.97. The summed E-state index contributed by atoms with van der Waals surface area (Å²) in [6.45, 7) is 3.90. The molecule has 0 spiro atoms. The average molecular weight is 523 g/mol. The number of ketones is 1. The molecule has 0 saturated heterocycles. The van der Waals surface area contributed by atoms with Gasteiger partial charge in [-0.3, -0.25) is 9.59 Å². The lowest BCUT2D eigenvalue weighted by Gasteiger charge is -2.17. The van der Waals surface area contributed by atoms with Crippen LogP contribution in [0.25, 0.3) is 21.3 Å². The van der Waals surface area contributed by atoms with Crippen LogP contribution in [0.2, 0.25) is 5.02 Å². The van der Waals surface area contributed by atoms with Gasteiger partial charge in [0.05, 0.1) is 29.8 Å². The van der Waals surface area contributed by atoms with E-state index in [1.165, 1.54) is 7.11 Å². The highest BCUT2D eigenvalue weighted by Crippen LogP contribution is 2.31. The molecule has 1 atom stereocenters. The molecular formula is C27H27ClN4O3S. The van der Waals surface area contributed by atoms with Crippen LogP contribution < -0.4 is 10.6 Å². The van der Waals surface area contributed by atoms with E-state index in [0.29, 0.717) is 10.8 Å². The second-order valence-corrected chi connectivity index (χ2v) is 10.2. The lowest BCUT2D eigenvalue weighted by Crippen LogP contribution is -2.27. The van der Waals surface area contributed by atoms with Crippen LogP contribution in [0.4, 0.5) is 16.6 Å². The molecule has 9 heteroatoms. The van der Waals surface area contributed by atoms with Crippen molar-refractivity contribution >= 4 is 61.5 Å². The van der Waals surface area contributed by atoms with Crippen LogP contribution in [0.5, 0.6) is 0 Å². The van der Waals surface area contributed by atoms with Crippen molar-refractivity contribution in [2.24, 2.45) is 11.8 Å². The van der Waals surface area contributed by atoms with Crippen LogP contribution in [-0.2, 0) is 14.3 Å². The fourth-order valence-corrected chi connectivity index (χ4v) is 4.94. The zero-order valence-corrected chi connectivity index (χ0v) is 21.8. The first-order valence-corrected chi connectivity index (χ1v) is 12.7. The first-order chi connectivity index (χ1) is 17.3. The largest absolute Gasteiger partial charge is 0.469 e. The molecule has 4 aromatic rings. The van der Waals surface area contributed by atoms with E-state index in [9.17, 15) is 9.59 Å². The zero-order valence-electron chi connectivity index (χ0n) is 20.2. The molecule has 7 nitrogen and oxygen atoms in total. The Kier molecular flexibility index (Phi) is 8.18. The summed E-state index contributed by atoms with van der Waals surface area (Å²) in [5.74, 6) is -0.261. The number of aromatic nitrogens is 2. The molecule has 0 radical (unpaired) electrons. The van der Waals surface area contributed by atoms with E-state index in [-0.39, 0.29) is 30.6 Å². The fourth-order valence-electron chi connectivity index (χ4n) is 3.78. The highest BCUT2D eigenvalue weighted by Gasteiger charge is 2.25. The smallest absolute Gasteiger partial charge is 0.309 e. The maximum atomic E-state index is 12.5. The number of ether oxygens (including phenoxy) is 1. The van der Waals surface area contributed by atoms with Crippen molar-refractivity contribution < 1.29 is 14.3 Å². The monoisotopic (exact) mass is 522 g/mol. The number of thiazole rings is 1. The van der Waals surface area contributed by atoms with Crippen LogP contribution in [-0.4, -0.2) is 35.4 Å². The Labute approximate surface area is 218 Å². The highest BCUT2D eigenvalue weighted by atomic mass is 35.5.